The second kappa shape index (κ2) is 12.6. The number of ether oxygens (including phenoxy) is 5. The van der Waals surface area contributed by atoms with E-state index in [9.17, 15) is 14.7 Å². The molecule has 230 valence electrons. The summed E-state index contributed by atoms with van der Waals surface area (Å²) in [5.74, 6) is 0.799. The number of likely N-dealkylation sites (tertiary alicyclic amines) is 1. The fraction of sp³-hybridized carbons (Fsp3) is 0.500. The largest absolute Gasteiger partial charge is 0.484 e. The van der Waals surface area contributed by atoms with Crippen molar-refractivity contribution < 1.29 is 38.4 Å². The molecule has 5 unspecified atom stereocenters. The number of hydrogen-bond acceptors (Lipinski definition) is 10. The van der Waals surface area contributed by atoms with Crippen molar-refractivity contribution in [2.75, 3.05) is 59.7 Å². The normalized spacial score (nSPS) is 26.4. The molecule has 2 aliphatic heterocycles. The topological polar surface area (TPSA) is 142 Å². The number of aliphatic hydroxyl groups excluding tert-OH is 1. The lowest BCUT2D eigenvalue weighted by Gasteiger charge is -2.56. The number of nitrogens with two attached hydrogens (primary N) is 1. The van der Waals surface area contributed by atoms with Crippen LogP contribution in [-0.2, 0) is 26.1 Å². The van der Waals surface area contributed by atoms with Crippen LogP contribution in [0.15, 0.2) is 48.6 Å². The van der Waals surface area contributed by atoms with Gasteiger partial charge in [0.1, 0.15) is 18.0 Å². The lowest BCUT2D eigenvalue weighted by atomic mass is 9.53. The summed E-state index contributed by atoms with van der Waals surface area (Å²) in [5.41, 5.74) is 7.64. The Morgan fingerprint density at radius 3 is 2.67 bits per heavy atom. The molecule has 0 radical (unpaired) electrons. The summed E-state index contributed by atoms with van der Waals surface area (Å²) >= 11 is 0. The summed E-state index contributed by atoms with van der Waals surface area (Å²) in [6, 6.07) is 10.6. The number of carbonyl (C=O) groups is 2. The number of likely N-dealkylation sites (N-methyl/N-ethyl adjacent to an activating group) is 1. The number of hydrogen-bond donors (Lipinski definition) is 3. The molecule has 2 heterocycles. The Morgan fingerprint density at radius 1 is 1.09 bits per heavy atom. The van der Waals surface area contributed by atoms with E-state index in [1.54, 1.807) is 30.3 Å². The highest BCUT2D eigenvalue weighted by molar-refractivity contribution is 5.91. The van der Waals surface area contributed by atoms with Gasteiger partial charge in [-0.1, -0.05) is 18.2 Å². The fourth-order valence-corrected chi connectivity index (χ4v) is 7.02. The minimum absolute atomic E-state index is 0.166. The third-order valence-corrected chi connectivity index (χ3v) is 9.00. The number of carbonyl (C=O) groups excluding carboxylic acids is 2. The van der Waals surface area contributed by atoms with Crippen LogP contribution in [0.25, 0.3) is 0 Å². The average molecular weight is 594 g/mol. The van der Waals surface area contributed by atoms with Crippen molar-refractivity contribution >= 4 is 11.9 Å². The van der Waals surface area contributed by atoms with Crippen molar-refractivity contribution in [2.24, 2.45) is 11.7 Å². The Labute approximate surface area is 250 Å². The van der Waals surface area contributed by atoms with Crippen LogP contribution < -0.4 is 25.3 Å². The predicted octanol–water partition coefficient (Wildman–Crippen LogP) is 1.20. The van der Waals surface area contributed by atoms with E-state index in [0.717, 1.165) is 24.9 Å². The first-order chi connectivity index (χ1) is 20.9. The van der Waals surface area contributed by atoms with Gasteiger partial charge >= 0.3 is 5.97 Å². The molecule has 2 aromatic rings. The predicted molar refractivity (Wildman–Crippen MR) is 157 cm³/mol. The van der Waals surface area contributed by atoms with Gasteiger partial charge < -0.3 is 44.7 Å². The zero-order chi connectivity index (χ0) is 30.0. The number of nitrogens with zero attached hydrogens (tertiary/aromatic N) is 1. The standard InChI is InChI=1S/C32H39N3O8/c1-35-13-10-32-23-7-8-25(36)30(32)43-29-26(9-4-21(28(29)32)18-24(23)35)42-31(38)20-2-5-22(6-3-20)41-19-27(37)34-12-15-40-17-16-39-14-11-33/h2-9,23-25,30,36H,10-19,33H2,1H3,(H,34,37). The van der Waals surface area contributed by atoms with Crippen LogP contribution in [0.5, 0.6) is 17.2 Å². The van der Waals surface area contributed by atoms with Gasteiger partial charge in [0.15, 0.2) is 18.1 Å². The highest BCUT2D eigenvalue weighted by Crippen LogP contribution is 2.62. The quantitative estimate of drug-likeness (QED) is 0.134. The number of rotatable bonds is 13. The van der Waals surface area contributed by atoms with E-state index >= 15 is 0 Å². The van der Waals surface area contributed by atoms with E-state index < -0.39 is 18.2 Å². The zero-order valence-corrected chi connectivity index (χ0v) is 24.3. The van der Waals surface area contributed by atoms with Gasteiger partial charge in [-0.15, -0.1) is 0 Å². The van der Waals surface area contributed by atoms with Gasteiger partial charge in [0.05, 0.1) is 32.0 Å². The summed E-state index contributed by atoms with van der Waals surface area (Å²) in [6.45, 7) is 3.33. The monoisotopic (exact) mass is 593 g/mol. The maximum Gasteiger partial charge on any atom is 0.343 e. The first kappa shape index (κ1) is 29.6. The second-order valence-corrected chi connectivity index (χ2v) is 11.5. The van der Waals surface area contributed by atoms with Gasteiger partial charge in [-0.3, -0.25) is 4.79 Å². The molecule has 4 aliphatic rings. The number of amides is 1. The van der Waals surface area contributed by atoms with Gasteiger partial charge in [0.2, 0.25) is 0 Å². The summed E-state index contributed by atoms with van der Waals surface area (Å²) in [6.07, 6.45) is 4.63. The number of esters is 1. The Kier molecular flexibility index (Phi) is 8.69. The van der Waals surface area contributed by atoms with Crippen molar-refractivity contribution in [3.63, 3.8) is 0 Å². The molecule has 0 aromatic heterocycles. The number of aliphatic hydroxyl groups is 1. The molecule has 5 atom stereocenters. The Balaban J connectivity index is 1.05. The minimum atomic E-state index is -0.725. The van der Waals surface area contributed by atoms with E-state index in [2.05, 4.69) is 23.3 Å². The summed E-state index contributed by atoms with van der Waals surface area (Å²) in [7, 11) is 2.16. The molecule has 2 aliphatic carbocycles. The minimum Gasteiger partial charge on any atom is -0.484 e. The summed E-state index contributed by atoms with van der Waals surface area (Å²) < 4.78 is 28.5. The zero-order valence-electron chi connectivity index (χ0n) is 24.3. The van der Waals surface area contributed by atoms with Gasteiger partial charge in [-0.25, -0.2) is 4.79 Å². The lowest BCUT2D eigenvalue weighted by molar-refractivity contribution is -0.123. The number of piperidine rings is 1. The highest BCUT2D eigenvalue weighted by atomic mass is 16.6. The molecule has 1 spiro atoms. The van der Waals surface area contributed by atoms with E-state index in [1.807, 2.05) is 12.1 Å². The third-order valence-electron chi connectivity index (χ3n) is 9.00. The van der Waals surface area contributed by atoms with E-state index in [4.69, 9.17) is 29.4 Å². The van der Waals surface area contributed by atoms with Crippen molar-refractivity contribution in [3.8, 4) is 17.2 Å². The number of nitrogens with one attached hydrogen (secondary N) is 1. The van der Waals surface area contributed by atoms with Crippen LogP contribution in [0, 0.1) is 5.92 Å². The smallest absolute Gasteiger partial charge is 0.343 e. The van der Waals surface area contributed by atoms with Gasteiger partial charge in [-0.05, 0) is 62.3 Å². The average Bonchev–Trinajstić information content (AvgIpc) is 3.37. The molecular weight excluding hydrogens is 554 g/mol. The van der Waals surface area contributed by atoms with Crippen LogP contribution in [0.3, 0.4) is 0 Å². The molecule has 0 saturated carbocycles. The highest BCUT2D eigenvalue weighted by Gasteiger charge is 2.64. The van der Waals surface area contributed by atoms with Gasteiger partial charge in [0, 0.05) is 36.0 Å². The van der Waals surface area contributed by atoms with Crippen LogP contribution in [0.1, 0.15) is 27.9 Å². The molecule has 2 bridgehead atoms. The van der Waals surface area contributed by atoms with E-state index in [0.29, 0.717) is 68.4 Å². The molecule has 6 rings (SSSR count). The molecule has 1 amide bonds. The molecule has 2 aromatic carbocycles. The van der Waals surface area contributed by atoms with Crippen LogP contribution in [0.4, 0.5) is 0 Å². The molecule has 4 N–H and O–H groups in total. The van der Waals surface area contributed by atoms with Crippen LogP contribution in [-0.4, -0.2) is 99.8 Å². The van der Waals surface area contributed by atoms with Gasteiger partial charge in [0.25, 0.3) is 5.91 Å². The molecule has 11 nitrogen and oxygen atoms in total. The van der Waals surface area contributed by atoms with Crippen LogP contribution >= 0.6 is 0 Å². The Hall–Kier alpha value is -3.48. The Bertz CT molecular complexity index is 1370. The maximum atomic E-state index is 13.2. The van der Waals surface area contributed by atoms with Gasteiger partial charge in [-0.2, -0.15) is 0 Å². The molecule has 43 heavy (non-hydrogen) atoms. The second-order valence-electron chi connectivity index (χ2n) is 11.5. The maximum absolute atomic E-state index is 13.2. The summed E-state index contributed by atoms with van der Waals surface area (Å²) in [5, 5.41) is 13.6. The SMILES string of the molecule is CN1CCC23c4c5ccc(OC(=O)c6ccc(OCC(=O)NCCOCCOCCN)cc6)c4OC2C(O)C=CC3C1C5. The van der Waals surface area contributed by atoms with Crippen molar-refractivity contribution in [3.05, 3.63) is 65.2 Å². The van der Waals surface area contributed by atoms with Crippen LogP contribution in [0.2, 0.25) is 0 Å². The third kappa shape index (κ3) is 5.63. The lowest BCUT2D eigenvalue weighted by Crippen LogP contribution is -2.64. The van der Waals surface area contributed by atoms with Crippen molar-refractivity contribution in [1.82, 2.24) is 10.2 Å². The molecular formula is C32H39N3O8. The molecule has 1 fully saturated rings. The Morgan fingerprint density at radius 2 is 1.88 bits per heavy atom. The fourth-order valence-electron chi connectivity index (χ4n) is 7.02. The first-order valence-electron chi connectivity index (χ1n) is 14.9. The first-order valence-corrected chi connectivity index (χ1v) is 14.9. The van der Waals surface area contributed by atoms with Crippen molar-refractivity contribution in [2.45, 2.75) is 36.5 Å². The molecule has 1 saturated heterocycles. The molecule has 11 heteroatoms. The summed E-state index contributed by atoms with van der Waals surface area (Å²) in [4.78, 5) is 27.6. The van der Waals surface area contributed by atoms with E-state index in [-0.39, 0.29) is 23.8 Å². The van der Waals surface area contributed by atoms with Crippen molar-refractivity contribution in [1.29, 1.82) is 0 Å². The number of benzene rings is 2. The van der Waals surface area contributed by atoms with E-state index in [1.165, 1.54) is 5.56 Å².